The van der Waals surface area contributed by atoms with Crippen LogP contribution in [-0.4, -0.2) is 16.0 Å². The summed E-state index contributed by atoms with van der Waals surface area (Å²) in [6.45, 7) is 1.90. The number of nitrogens with one attached hydrogen (secondary N) is 1. The molecule has 0 saturated heterocycles. The van der Waals surface area contributed by atoms with Crippen molar-refractivity contribution in [2.24, 2.45) is 0 Å². The van der Waals surface area contributed by atoms with Gasteiger partial charge in [0.15, 0.2) is 0 Å². The van der Waals surface area contributed by atoms with E-state index in [0.717, 1.165) is 29.7 Å². The molecule has 1 fully saturated rings. The lowest BCUT2D eigenvalue weighted by molar-refractivity contribution is 0.102. The number of halogens is 1. The Morgan fingerprint density at radius 2 is 1.96 bits per heavy atom. The molecule has 1 saturated carbocycles. The zero-order chi connectivity index (χ0) is 17.4. The van der Waals surface area contributed by atoms with Crippen LogP contribution in [0.15, 0.2) is 47.0 Å². The van der Waals surface area contributed by atoms with Gasteiger partial charge < -0.3 is 9.84 Å². The molecule has 1 aromatic heterocycles. The van der Waals surface area contributed by atoms with Crippen molar-refractivity contribution in [3.8, 4) is 11.4 Å². The van der Waals surface area contributed by atoms with E-state index in [9.17, 15) is 4.79 Å². The number of amides is 1. The Kier molecular flexibility index (Phi) is 4.01. The van der Waals surface area contributed by atoms with Gasteiger partial charge in [0.1, 0.15) is 0 Å². The summed E-state index contributed by atoms with van der Waals surface area (Å²) in [6.07, 6.45) is 2.23. The number of carbonyl (C=O) groups excluding carboxylic acids is 1. The summed E-state index contributed by atoms with van der Waals surface area (Å²) in [5.41, 5.74) is 3.04. The topological polar surface area (TPSA) is 68.0 Å². The van der Waals surface area contributed by atoms with Gasteiger partial charge in [-0.3, -0.25) is 4.79 Å². The first-order valence-corrected chi connectivity index (χ1v) is 8.49. The van der Waals surface area contributed by atoms with Crippen LogP contribution in [0.5, 0.6) is 0 Å². The number of benzene rings is 2. The average Bonchev–Trinajstić information content (AvgIpc) is 3.34. The lowest BCUT2D eigenvalue weighted by Crippen LogP contribution is -2.12. The van der Waals surface area contributed by atoms with Crippen molar-refractivity contribution >= 4 is 23.2 Å². The van der Waals surface area contributed by atoms with Crippen molar-refractivity contribution in [2.75, 3.05) is 5.32 Å². The van der Waals surface area contributed by atoms with Crippen LogP contribution >= 0.6 is 11.6 Å². The maximum absolute atomic E-state index is 12.4. The highest BCUT2D eigenvalue weighted by molar-refractivity contribution is 6.30. The van der Waals surface area contributed by atoms with E-state index < -0.39 is 0 Å². The largest absolute Gasteiger partial charge is 0.339 e. The summed E-state index contributed by atoms with van der Waals surface area (Å²) in [5.74, 6) is 1.51. The Balaban J connectivity index is 1.49. The highest BCUT2D eigenvalue weighted by atomic mass is 35.5. The smallest absolute Gasteiger partial charge is 0.255 e. The molecule has 0 spiro atoms. The van der Waals surface area contributed by atoms with Gasteiger partial charge in [0.2, 0.25) is 11.7 Å². The van der Waals surface area contributed by atoms with E-state index in [-0.39, 0.29) is 5.91 Å². The highest BCUT2D eigenvalue weighted by Gasteiger charge is 2.29. The third-order valence-corrected chi connectivity index (χ3v) is 4.45. The number of rotatable bonds is 4. The van der Waals surface area contributed by atoms with Crippen molar-refractivity contribution in [1.29, 1.82) is 0 Å². The lowest BCUT2D eigenvalue weighted by Gasteiger charge is -2.09. The monoisotopic (exact) mass is 353 g/mol. The number of carbonyl (C=O) groups is 1. The molecule has 5 nitrogen and oxygen atoms in total. The number of aryl methyl sites for hydroxylation is 1. The van der Waals surface area contributed by atoms with Crippen LogP contribution in [0.3, 0.4) is 0 Å². The van der Waals surface area contributed by atoms with Gasteiger partial charge >= 0.3 is 0 Å². The van der Waals surface area contributed by atoms with Gasteiger partial charge in [-0.2, -0.15) is 4.98 Å². The molecule has 1 aliphatic carbocycles. The zero-order valence-electron chi connectivity index (χ0n) is 13.6. The summed E-state index contributed by atoms with van der Waals surface area (Å²) in [5, 5.41) is 7.55. The molecule has 1 aliphatic rings. The van der Waals surface area contributed by atoms with Gasteiger partial charge in [0, 0.05) is 27.8 Å². The Morgan fingerprint density at radius 3 is 2.64 bits per heavy atom. The lowest BCUT2D eigenvalue weighted by atomic mass is 10.1. The van der Waals surface area contributed by atoms with E-state index in [1.54, 1.807) is 24.3 Å². The van der Waals surface area contributed by atoms with Gasteiger partial charge in [-0.25, -0.2) is 0 Å². The fraction of sp³-hybridized carbons (Fsp3) is 0.211. The molecule has 1 heterocycles. The van der Waals surface area contributed by atoms with Gasteiger partial charge in [0.05, 0.1) is 0 Å². The molecule has 0 bridgehead atoms. The molecule has 1 N–H and O–H groups in total. The molecule has 0 aliphatic heterocycles. The third kappa shape index (κ3) is 3.42. The molecule has 0 unspecified atom stereocenters. The van der Waals surface area contributed by atoms with E-state index in [4.69, 9.17) is 16.1 Å². The van der Waals surface area contributed by atoms with Crippen LogP contribution in [0.4, 0.5) is 5.69 Å². The molecule has 0 atom stereocenters. The third-order valence-electron chi connectivity index (χ3n) is 4.21. The molecular weight excluding hydrogens is 338 g/mol. The first-order valence-electron chi connectivity index (χ1n) is 8.12. The molecule has 4 rings (SSSR count). The summed E-state index contributed by atoms with van der Waals surface area (Å²) in [7, 11) is 0. The van der Waals surface area contributed by atoms with Crippen LogP contribution in [0.25, 0.3) is 11.4 Å². The Morgan fingerprint density at radius 1 is 1.20 bits per heavy atom. The molecule has 2 aromatic carbocycles. The SMILES string of the molecule is Cc1cc(Cl)ccc1NC(=O)c1ccc(-c2noc(C3CC3)n2)cc1. The Bertz CT molecular complexity index is 930. The van der Waals surface area contributed by atoms with Gasteiger partial charge in [0.25, 0.3) is 5.91 Å². The Hall–Kier alpha value is -2.66. The fourth-order valence-electron chi connectivity index (χ4n) is 2.58. The molecule has 1 amide bonds. The van der Waals surface area contributed by atoms with E-state index in [1.165, 1.54) is 0 Å². The number of anilines is 1. The number of hydrogen-bond acceptors (Lipinski definition) is 4. The van der Waals surface area contributed by atoms with E-state index in [1.807, 2.05) is 25.1 Å². The molecule has 0 radical (unpaired) electrons. The fourth-order valence-corrected chi connectivity index (χ4v) is 2.81. The van der Waals surface area contributed by atoms with Crippen molar-refractivity contribution in [2.45, 2.75) is 25.7 Å². The van der Waals surface area contributed by atoms with Crippen LogP contribution in [0, 0.1) is 6.92 Å². The second-order valence-corrected chi connectivity index (χ2v) is 6.66. The predicted molar refractivity (Wildman–Crippen MR) is 95.9 cm³/mol. The number of hydrogen-bond donors (Lipinski definition) is 1. The minimum Gasteiger partial charge on any atom is -0.339 e. The maximum Gasteiger partial charge on any atom is 0.255 e. The number of aromatic nitrogens is 2. The normalized spacial score (nSPS) is 13.7. The van der Waals surface area contributed by atoms with Crippen molar-refractivity contribution in [3.63, 3.8) is 0 Å². The number of nitrogens with zero attached hydrogens (tertiary/aromatic N) is 2. The minimum absolute atomic E-state index is 0.177. The molecule has 126 valence electrons. The van der Waals surface area contributed by atoms with Crippen molar-refractivity contribution in [1.82, 2.24) is 10.1 Å². The zero-order valence-corrected chi connectivity index (χ0v) is 14.4. The van der Waals surface area contributed by atoms with Gasteiger partial charge in [-0.05, 0) is 55.7 Å². The first-order chi connectivity index (χ1) is 12.1. The summed E-state index contributed by atoms with van der Waals surface area (Å²) in [6, 6.07) is 12.5. The maximum atomic E-state index is 12.4. The minimum atomic E-state index is -0.177. The molecule has 25 heavy (non-hydrogen) atoms. The standard InChI is InChI=1S/C19H16ClN3O2/c1-11-10-15(20)8-9-16(11)21-18(24)13-4-2-12(3-5-13)17-22-19(25-23-17)14-6-7-14/h2-5,8-10,14H,6-7H2,1H3,(H,21,24). The van der Waals surface area contributed by atoms with Crippen LogP contribution < -0.4 is 5.32 Å². The van der Waals surface area contributed by atoms with Crippen molar-refractivity contribution in [3.05, 3.63) is 64.5 Å². The molecule has 6 heteroatoms. The predicted octanol–water partition coefficient (Wildman–Crippen LogP) is 4.83. The molecule has 3 aromatic rings. The second kappa shape index (κ2) is 6.33. The van der Waals surface area contributed by atoms with Crippen LogP contribution in [0.1, 0.15) is 40.6 Å². The summed E-state index contributed by atoms with van der Waals surface area (Å²) >= 11 is 5.94. The summed E-state index contributed by atoms with van der Waals surface area (Å²) < 4.78 is 5.27. The average molecular weight is 354 g/mol. The Labute approximate surface area is 150 Å². The van der Waals surface area contributed by atoms with Gasteiger partial charge in [-0.15, -0.1) is 0 Å². The summed E-state index contributed by atoms with van der Waals surface area (Å²) in [4.78, 5) is 16.8. The van der Waals surface area contributed by atoms with E-state index in [2.05, 4.69) is 15.5 Å². The molecular formula is C19H16ClN3O2. The highest BCUT2D eigenvalue weighted by Crippen LogP contribution is 2.39. The van der Waals surface area contributed by atoms with E-state index in [0.29, 0.717) is 28.2 Å². The van der Waals surface area contributed by atoms with E-state index >= 15 is 0 Å². The van der Waals surface area contributed by atoms with Crippen molar-refractivity contribution < 1.29 is 9.32 Å². The quantitative estimate of drug-likeness (QED) is 0.729. The van der Waals surface area contributed by atoms with Crippen LogP contribution in [-0.2, 0) is 0 Å². The first kappa shape index (κ1) is 15.8. The van der Waals surface area contributed by atoms with Gasteiger partial charge in [-0.1, -0.05) is 28.9 Å². The van der Waals surface area contributed by atoms with Crippen LogP contribution in [0.2, 0.25) is 5.02 Å². The second-order valence-electron chi connectivity index (χ2n) is 6.22.